The van der Waals surface area contributed by atoms with Crippen molar-refractivity contribution in [2.45, 2.75) is 12.5 Å². The largest absolute Gasteiger partial charge is 0.324 e. The lowest BCUT2D eigenvalue weighted by molar-refractivity contribution is 0.576. The van der Waals surface area contributed by atoms with Gasteiger partial charge in [0.25, 0.3) is 0 Å². The Morgan fingerprint density at radius 3 is 2.26 bits per heavy atom. The van der Waals surface area contributed by atoms with Crippen LogP contribution in [0.5, 0.6) is 0 Å². The molecule has 0 fully saturated rings. The zero-order chi connectivity index (χ0) is 14.0. The van der Waals surface area contributed by atoms with Crippen LogP contribution in [0, 0.1) is 11.6 Å². The van der Waals surface area contributed by atoms with E-state index in [9.17, 15) is 8.78 Å². The molecule has 0 saturated heterocycles. The van der Waals surface area contributed by atoms with Crippen molar-refractivity contribution < 1.29 is 8.78 Å². The third kappa shape index (κ3) is 3.66. The number of hydrogen-bond donors (Lipinski definition) is 1. The monoisotopic (exact) mass is 301 g/mol. The number of halogens is 4. The molecule has 0 aliphatic heterocycles. The second kappa shape index (κ2) is 5.87. The van der Waals surface area contributed by atoms with Crippen LogP contribution in [-0.2, 0) is 6.42 Å². The van der Waals surface area contributed by atoms with Gasteiger partial charge in [-0.05, 0) is 47.9 Å². The molecular weight excluding hydrogens is 291 g/mol. The van der Waals surface area contributed by atoms with Crippen molar-refractivity contribution in [1.82, 2.24) is 0 Å². The molecule has 0 radical (unpaired) electrons. The molecule has 0 heterocycles. The molecule has 1 atom stereocenters. The van der Waals surface area contributed by atoms with Crippen molar-refractivity contribution in [3.63, 3.8) is 0 Å². The Balaban J connectivity index is 2.25. The van der Waals surface area contributed by atoms with Crippen LogP contribution in [0.4, 0.5) is 8.78 Å². The van der Waals surface area contributed by atoms with E-state index in [1.54, 1.807) is 18.2 Å². The van der Waals surface area contributed by atoms with E-state index < -0.39 is 17.7 Å². The van der Waals surface area contributed by atoms with Gasteiger partial charge in [-0.15, -0.1) is 0 Å². The Labute approximate surface area is 119 Å². The summed E-state index contributed by atoms with van der Waals surface area (Å²) in [4.78, 5) is 0. The van der Waals surface area contributed by atoms with Crippen molar-refractivity contribution in [3.05, 3.63) is 69.2 Å². The first-order chi connectivity index (χ1) is 8.95. The molecule has 1 nitrogen and oxygen atoms in total. The summed E-state index contributed by atoms with van der Waals surface area (Å²) in [6.07, 6.45) is 0.273. The zero-order valence-electron chi connectivity index (χ0n) is 9.84. The van der Waals surface area contributed by atoms with Crippen molar-refractivity contribution in [3.8, 4) is 0 Å². The predicted molar refractivity (Wildman–Crippen MR) is 73.5 cm³/mol. The van der Waals surface area contributed by atoms with E-state index in [1.165, 1.54) is 12.1 Å². The van der Waals surface area contributed by atoms with E-state index >= 15 is 0 Å². The van der Waals surface area contributed by atoms with Gasteiger partial charge < -0.3 is 5.73 Å². The fourth-order valence-electron chi connectivity index (χ4n) is 1.89. The highest BCUT2D eigenvalue weighted by atomic mass is 35.5. The van der Waals surface area contributed by atoms with Crippen LogP contribution in [-0.4, -0.2) is 0 Å². The molecule has 2 aromatic carbocycles. The summed E-state index contributed by atoms with van der Waals surface area (Å²) >= 11 is 11.9. The minimum Gasteiger partial charge on any atom is -0.324 e. The molecule has 1 unspecified atom stereocenters. The van der Waals surface area contributed by atoms with Crippen LogP contribution < -0.4 is 5.73 Å². The Bertz CT molecular complexity index is 582. The zero-order valence-corrected chi connectivity index (χ0v) is 11.3. The molecule has 0 aliphatic carbocycles. The first kappa shape index (κ1) is 14.3. The predicted octanol–water partition coefficient (Wildman–Crippen LogP) is 4.51. The quantitative estimate of drug-likeness (QED) is 0.886. The maximum atomic E-state index is 13.1. The van der Waals surface area contributed by atoms with Gasteiger partial charge in [-0.2, -0.15) is 0 Å². The van der Waals surface area contributed by atoms with Gasteiger partial charge in [0.05, 0.1) is 0 Å². The SMILES string of the molecule is NC(Cc1cc(F)cc(F)c1)c1cc(Cl)ccc1Cl. The van der Waals surface area contributed by atoms with Crippen LogP contribution in [0.3, 0.4) is 0 Å². The molecular formula is C14H11Cl2F2N. The van der Waals surface area contributed by atoms with Gasteiger partial charge in [0.2, 0.25) is 0 Å². The summed E-state index contributed by atoms with van der Waals surface area (Å²) in [7, 11) is 0. The van der Waals surface area contributed by atoms with Crippen LogP contribution in [0.15, 0.2) is 36.4 Å². The van der Waals surface area contributed by atoms with Crippen LogP contribution in [0.1, 0.15) is 17.2 Å². The summed E-state index contributed by atoms with van der Waals surface area (Å²) in [5.74, 6) is -1.25. The van der Waals surface area contributed by atoms with Crippen molar-refractivity contribution in [2.75, 3.05) is 0 Å². The lowest BCUT2D eigenvalue weighted by atomic mass is 9.99. The van der Waals surface area contributed by atoms with Gasteiger partial charge in [-0.3, -0.25) is 0 Å². The molecule has 0 bridgehead atoms. The fraction of sp³-hybridized carbons (Fsp3) is 0.143. The van der Waals surface area contributed by atoms with Crippen LogP contribution >= 0.6 is 23.2 Å². The van der Waals surface area contributed by atoms with Gasteiger partial charge in [0.15, 0.2) is 0 Å². The van der Waals surface area contributed by atoms with E-state index in [2.05, 4.69) is 0 Å². The molecule has 100 valence electrons. The van der Waals surface area contributed by atoms with Crippen LogP contribution in [0.25, 0.3) is 0 Å². The molecule has 0 aromatic heterocycles. The third-order valence-corrected chi connectivity index (χ3v) is 3.31. The smallest absolute Gasteiger partial charge is 0.126 e. The average Bonchev–Trinajstić information content (AvgIpc) is 2.30. The van der Waals surface area contributed by atoms with Crippen molar-refractivity contribution in [2.24, 2.45) is 5.73 Å². The van der Waals surface area contributed by atoms with E-state index in [-0.39, 0.29) is 6.42 Å². The van der Waals surface area contributed by atoms with Gasteiger partial charge in [0.1, 0.15) is 11.6 Å². The van der Waals surface area contributed by atoms with Gasteiger partial charge in [0, 0.05) is 22.2 Å². The molecule has 0 amide bonds. The average molecular weight is 302 g/mol. The maximum absolute atomic E-state index is 13.1. The summed E-state index contributed by atoms with van der Waals surface area (Å²) < 4.78 is 26.2. The van der Waals surface area contributed by atoms with Gasteiger partial charge in [-0.1, -0.05) is 23.2 Å². The van der Waals surface area contributed by atoms with Gasteiger partial charge in [-0.25, -0.2) is 8.78 Å². The third-order valence-electron chi connectivity index (χ3n) is 2.74. The Morgan fingerprint density at radius 2 is 1.63 bits per heavy atom. The fourth-order valence-corrected chi connectivity index (χ4v) is 2.33. The van der Waals surface area contributed by atoms with E-state index in [0.29, 0.717) is 21.2 Å². The minimum absolute atomic E-state index is 0.273. The molecule has 0 saturated carbocycles. The molecule has 19 heavy (non-hydrogen) atoms. The highest BCUT2D eigenvalue weighted by molar-refractivity contribution is 6.33. The number of rotatable bonds is 3. The summed E-state index contributed by atoms with van der Waals surface area (Å²) in [5.41, 5.74) is 7.13. The summed E-state index contributed by atoms with van der Waals surface area (Å²) in [6.45, 7) is 0. The Hall–Kier alpha value is -1.16. The van der Waals surface area contributed by atoms with Crippen molar-refractivity contribution >= 4 is 23.2 Å². The first-order valence-corrected chi connectivity index (χ1v) is 6.37. The number of hydrogen-bond acceptors (Lipinski definition) is 1. The van der Waals surface area contributed by atoms with E-state index in [1.807, 2.05) is 0 Å². The minimum atomic E-state index is -0.626. The molecule has 2 rings (SSSR count). The Kier molecular flexibility index (Phi) is 4.40. The Morgan fingerprint density at radius 1 is 1.00 bits per heavy atom. The lowest BCUT2D eigenvalue weighted by Gasteiger charge is -2.14. The second-order valence-corrected chi connectivity index (χ2v) is 5.10. The summed E-state index contributed by atoms with van der Waals surface area (Å²) in [5, 5.41) is 0.994. The topological polar surface area (TPSA) is 26.0 Å². The van der Waals surface area contributed by atoms with Crippen molar-refractivity contribution in [1.29, 1.82) is 0 Å². The first-order valence-electron chi connectivity index (χ1n) is 5.61. The maximum Gasteiger partial charge on any atom is 0.126 e. The standard InChI is InChI=1S/C14H11Cl2F2N/c15-9-1-2-13(16)12(6-9)14(19)5-8-3-10(17)7-11(18)4-8/h1-4,6-7,14H,5,19H2. The highest BCUT2D eigenvalue weighted by Crippen LogP contribution is 2.27. The van der Waals surface area contributed by atoms with E-state index in [4.69, 9.17) is 28.9 Å². The normalized spacial score (nSPS) is 12.5. The number of benzene rings is 2. The lowest BCUT2D eigenvalue weighted by Crippen LogP contribution is -2.14. The van der Waals surface area contributed by atoms with E-state index in [0.717, 1.165) is 6.07 Å². The summed E-state index contributed by atoms with van der Waals surface area (Å²) in [6, 6.07) is 7.80. The molecule has 5 heteroatoms. The molecule has 2 N–H and O–H groups in total. The number of nitrogens with two attached hydrogens (primary N) is 1. The highest BCUT2D eigenvalue weighted by Gasteiger charge is 2.13. The second-order valence-electron chi connectivity index (χ2n) is 4.25. The molecule has 2 aromatic rings. The molecule has 0 spiro atoms. The van der Waals surface area contributed by atoms with Crippen LogP contribution in [0.2, 0.25) is 10.0 Å². The molecule has 0 aliphatic rings. The van der Waals surface area contributed by atoms with Gasteiger partial charge >= 0.3 is 0 Å².